The minimum atomic E-state index is -2.72. The van der Waals surface area contributed by atoms with E-state index in [-0.39, 0.29) is 31.6 Å². The highest BCUT2D eigenvalue weighted by molar-refractivity contribution is 6.30. The number of ether oxygens (including phenoxy) is 1. The van der Waals surface area contributed by atoms with Gasteiger partial charge in [0, 0.05) is 43.8 Å². The Bertz CT molecular complexity index is 602. The Hall–Kier alpha value is -1.36. The minimum Gasteiger partial charge on any atom is -0.477 e. The summed E-state index contributed by atoms with van der Waals surface area (Å²) in [4.78, 5) is 15.0. The van der Waals surface area contributed by atoms with Crippen LogP contribution in [0.15, 0.2) is 24.3 Å². The van der Waals surface area contributed by atoms with E-state index in [2.05, 4.69) is 6.92 Å². The Kier molecular flexibility index (Phi) is 5.24. The highest BCUT2D eigenvalue weighted by Gasteiger charge is 2.51. The van der Waals surface area contributed by atoms with Gasteiger partial charge in [-0.05, 0) is 43.0 Å². The number of carbonyl (C=O) groups is 1. The second kappa shape index (κ2) is 7.10. The zero-order chi connectivity index (χ0) is 18.1. The summed E-state index contributed by atoms with van der Waals surface area (Å²) in [6, 6.07) is 6.72. The Morgan fingerprint density at radius 1 is 1.12 bits per heavy atom. The van der Waals surface area contributed by atoms with Crippen LogP contribution in [0, 0.1) is 5.92 Å². The number of likely N-dealkylation sites (tertiary alicyclic amines) is 1. The molecule has 1 saturated heterocycles. The third kappa shape index (κ3) is 4.25. The number of alkyl halides is 2. The van der Waals surface area contributed by atoms with Gasteiger partial charge in [0.05, 0.1) is 0 Å². The minimum absolute atomic E-state index is 0.0352. The second-order valence-corrected chi connectivity index (χ2v) is 7.82. The summed E-state index contributed by atoms with van der Waals surface area (Å²) in [5, 5.41) is 0.563. The van der Waals surface area contributed by atoms with Crippen LogP contribution in [-0.4, -0.2) is 35.4 Å². The lowest BCUT2D eigenvalue weighted by Crippen LogP contribution is -2.57. The van der Waals surface area contributed by atoms with Gasteiger partial charge < -0.3 is 9.64 Å². The number of carbonyl (C=O) groups excluding carboxylic acids is 1. The standard InChI is InChI=1S/C19H24ClF2NO2/c1-14-6-12-23(13-7-14)17(24)18(8-10-19(21,22)11-9-18)25-16-4-2-15(20)3-5-16/h2-5,14H,6-13H2,1H3. The number of halogens is 3. The van der Waals surface area contributed by atoms with Crippen LogP contribution in [0.25, 0.3) is 0 Å². The average Bonchev–Trinajstić information content (AvgIpc) is 2.59. The van der Waals surface area contributed by atoms with Crippen molar-refractivity contribution in [1.29, 1.82) is 0 Å². The Morgan fingerprint density at radius 2 is 1.68 bits per heavy atom. The van der Waals surface area contributed by atoms with Crippen molar-refractivity contribution in [2.24, 2.45) is 5.92 Å². The van der Waals surface area contributed by atoms with Gasteiger partial charge in [0.15, 0.2) is 5.60 Å². The molecule has 0 atom stereocenters. The summed E-state index contributed by atoms with van der Waals surface area (Å²) in [6.07, 6.45) is 1.31. The number of hydrogen-bond donors (Lipinski definition) is 0. The first-order valence-electron chi connectivity index (χ1n) is 8.91. The summed E-state index contributed by atoms with van der Waals surface area (Å²) >= 11 is 5.89. The molecular formula is C19H24ClF2NO2. The highest BCUT2D eigenvalue weighted by atomic mass is 35.5. The average molecular weight is 372 g/mol. The van der Waals surface area contributed by atoms with Gasteiger partial charge in [-0.3, -0.25) is 4.79 Å². The number of hydrogen-bond acceptors (Lipinski definition) is 2. The molecule has 1 aliphatic heterocycles. The fourth-order valence-corrected chi connectivity index (χ4v) is 3.73. The molecule has 0 spiro atoms. The summed E-state index contributed by atoms with van der Waals surface area (Å²) in [7, 11) is 0. The van der Waals surface area contributed by atoms with E-state index >= 15 is 0 Å². The summed E-state index contributed by atoms with van der Waals surface area (Å²) < 4.78 is 33.4. The van der Waals surface area contributed by atoms with Crippen molar-refractivity contribution in [3.05, 3.63) is 29.3 Å². The third-order valence-electron chi connectivity index (χ3n) is 5.38. The quantitative estimate of drug-likeness (QED) is 0.754. The van der Waals surface area contributed by atoms with Crippen molar-refractivity contribution < 1.29 is 18.3 Å². The predicted molar refractivity (Wildman–Crippen MR) is 93.2 cm³/mol. The smallest absolute Gasteiger partial charge is 0.266 e. The number of rotatable bonds is 3. The summed E-state index contributed by atoms with van der Waals surface area (Å²) in [5.74, 6) is -1.78. The maximum absolute atomic E-state index is 13.7. The molecule has 1 aromatic carbocycles. The molecule has 1 saturated carbocycles. The zero-order valence-electron chi connectivity index (χ0n) is 14.4. The van der Waals surface area contributed by atoms with Gasteiger partial charge in [0.25, 0.3) is 5.91 Å². The molecule has 0 radical (unpaired) electrons. The van der Waals surface area contributed by atoms with E-state index in [0.717, 1.165) is 12.8 Å². The molecule has 0 N–H and O–H groups in total. The van der Waals surface area contributed by atoms with Gasteiger partial charge in [0.1, 0.15) is 5.75 Å². The second-order valence-electron chi connectivity index (χ2n) is 7.38. The van der Waals surface area contributed by atoms with E-state index in [1.54, 1.807) is 29.2 Å². The molecule has 25 heavy (non-hydrogen) atoms. The Labute approximate surface area is 152 Å². The highest BCUT2D eigenvalue weighted by Crippen LogP contribution is 2.42. The molecule has 1 aliphatic carbocycles. The van der Waals surface area contributed by atoms with Crippen LogP contribution in [0.5, 0.6) is 5.75 Å². The molecule has 2 fully saturated rings. The van der Waals surface area contributed by atoms with Crippen LogP contribution in [0.2, 0.25) is 5.02 Å². The molecule has 0 aromatic heterocycles. The SMILES string of the molecule is CC1CCN(C(=O)C2(Oc3ccc(Cl)cc3)CCC(F)(F)CC2)CC1. The lowest BCUT2D eigenvalue weighted by atomic mass is 9.80. The van der Waals surface area contributed by atoms with E-state index < -0.39 is 11.5 Å². The molecular weight excluding hydrogens is 348 g/mol. The molecule has 1 amide bonds. The fourth-order valence-electron chi connectivity index (χ4n) is 3.61. The lowest BCUT2D eigenvalue weighted by Gasteiger charge is -2.43. The van der Waals surface area contributed by atoms with E-state index in [4.69, 9.17) is 16.3 Å². The zero-order valence-corrected chi connectivity index (χ0v) is 15.2. The normalized spacial score (nSPS) is 23.3. The van der Waals surface area contributed by atoms with Crippen LogP contribution >= 0.6 is 11.6 Å². The molecule has 3 rings (SSSR count). The first kappa shape index (κ1) is 18.4. The Morgan fingerprint density at radius 3 is 2.24 bits per heavy atom. The van der Waals surface area contributed by atoms with Gasteiger partial charge in [-0.2, -0.15) is 0 Å². The largest absolute Gasteiger partial charge is 0.477 e. The third-order valence-corrected chi connectivity index (χ3v) is 5.63. The van der Waals surface area contributed by atoms with Crippen LogP contribution in [0.1, 0.15) is 45.4 Å². The lowest BCUT2D eigenvalue weighted by molar-refractivity contribution is -0.160. The van der Waals surface area contributed by atoms with Gasteiger partial charge in [-0.1, -0.05) is 18.5 Å². The van der Waals surface area contributed by atoms with E-state index in [9.17, 15) is 13.6 Å². The van der Waals surface area contributed by atoms with Crippen molar-refractivity contribution in [2.75, 3.05) is 13.1 Å². The first-order valence-corrected chi connectivity index (χ1v) is 9.29. The maximum atomic E-state index is 13.7. The molecule has 138 valence electrons. The van der Waals surface area contributed by atoms with Crippen molar-refractivity contribution in [3.8, 4) is 5.75 Å². The summed E-state index contributed by atoms with van der Waals surface area (Å²) in [5.41, 5.74) is -1.20. The number of nitrogens with zero attached hydrogens (tertiary/aromatic N) is 1. The van der Waals surface area contributed by atoms with E-state index in [1.807, 2.05) is 0 Å². The fraction of sp³-hybridized carbons (Fsp3) is 0.632. The van der Waals surface area contributed by atoms with Crippen molar-refractivity contribution in [2.45, 2.75) is 57.0 Å². The molecule has 1 heterocycles. The van der Waals surface area contributed by atoms with Crippen LogP contribution in [0.3, 0.4) is 0 Å². The number of benzene rings is 1. The topological polar surface area (TPSA) is 29.5 Å². The van der Waals surface area contributed by atoms with Crippen molar-refractivity contribution in [1.82, 2.24) is 4.90 Å². The van der Waals surface area contributed by atoms with E-state index in [1.165, 1.54) is 0 Å². The molecule has 2 aliphatic rings. The molecule has 0 unspecified atom stereocenters. The first-order chi connectivity index (χ1) is 11.8. The van der Waals surface area contributed by atoms with E-state index in [0.29, 0.717) is 29.8 Å². The summed E-state index contributed by atoms with van der Waals surface area (Å²) in [6.45, 7) is 3.51. The predicted octanol–water partition coefficient (Wildman–Crippen LogP) is 4.93. The van der Waals surface area contributed by atoms with Crippen LogP contribution in [0.4, 0.5) is 8.78 Å². The Balaban J connectivity index is 1.81. The molecule has 1 aromatic rings. The van der Waals surface area contributed by atoms with Gasteiger partial charge in [-0.15, -0.1) is 0 Å². The van der Waals surface area contributed by atoms with Crippen LogP contribution < -0.4 is 4.74 Å². The van der Waals surface area contributed by atoms with Gasteiger partial charge in [0.2, 0.25) is 5.92 Å². The molecule has 6 heteroatoms. The number of piperidine rings is 1. The van der Waals surface area contributed by atoms with Crippen molar-refractivity contribution in [3.63, 3.8) is 0 Å². The molecule has 0 bridgehead atoms. The number of amides is 1. The van der Waals surface area contributed by atoms with Gasteiger partial charge >= 0.3 is 0 Å². The van der Waals surface area contributed by atoms with Crippen molar-refractivity contribution >= 4 is 17.5 Å². The maximum Gasteiger partial charge on any atom is 0.266 e. The van der Waals surface area contributed by atoms with Crippen LogP contribution in [-0.2, 0) is 4.79 Å². The monoisotopic (exact) mass is 371 g/mol. The molecule has 3 nitrogen and oxygen atoms in total. The van der Waals surface area contributed by atoms with Gasteiger partial charge in [-0.25, -0.2) is 8.78 Å².